The first-order valence-corrected chi connectivity index (χ1v) is 15.8. The average Bonchev–Trinajstić information content (AvgIpc) is 2.54. The number of hydrogen-bond acceptors (Lipinski definition) is 6. The minimum atomic E-state index is -4.93. The summed E-state index contributed by atoms with van der Waals surface area (Å²) in [4.78, 5) is 35.5. The standard InChI is InChI=1S/C7H7.3C2H3IO2.Sn/c1-7-5-3-2-4-6-7;3*3-1-2(4)5;/h3-6H,1H3;3*1H2,(H,4,5);/q;;;;+3/p-3. The summed E-state index contributed by atoms with van der Waals surface area (Å²) in [7, 11) is 0. The van der Waals surface area contributed by atoms with Crippen LogP contribution in [0.4, 0.5) is 0 Å². The van der Waals surface area contributed by atoms with Crippen LogP contribution < -0.4 is 3.58 Å². The Hall–Kier alpha value is 0.619. The number of aryl methyl sites for hydroxylation is 1. The molecule has 0 radical (unpaired) electrons. The first-order valence-electron chi connectivity index (χ1n) is 6.27. The van der Waals surface area contributed by atoms with Gasteiger partial charge in [0.15, 0.2) is 0 Å². The molecular formula is C13H13I3O6Sn. The molecule has 1 rings (SSSR count). The molecule has 0 aliphatic heterocycles. The van der Waals surface area contributed by atoms with Crippen LogP contribution in [0, 0.1) is 6.92 Å². The van der Waals surface area contributed by atoms with Crippen LogP contribution in [0.1, 0.15) is 5.56 Å². The molecule has 0 atom stereocenters. The Kier molecular flexibility index (Phi) is 9.96. The molecule has 0 saturated carbocycles. The Labute approximate surface area is 180 Å². The van der Waals surface area contributed by atoms with Gasteiger partial charge < -0.3 is 0 Å². The van der Waals surface area contributed by atoms with Gasteiger partial charge in [0.1, 0.15) is 0 Å². The normalized spacial score (nSPS) is 10.8. The zero-order valence-corrected chi connectivity index (χ0v) is 21.3. The first kappa shape index (κ1) is 21.7. The van der Waals surface area contributed by atoms with Crippen molar-refractivity contribution >= 4 is 109 Å². The van der Waals surface area contributed by atoms with Gasteiger partial charge in [-0.3, -0.25) is 0 Å². The van der Waals surface area contributed by atoms with E-state index in [1.807, 2.05) is 74.7 Å². The third kappa shape index (κ3) is 6.79. The summed E-state index contributed by atoms with van der Waals surface area (Å²) in [6.45, 7) is 1.89. The van der Waals surface area contributed by atoms with E-state index in [-0.39, 0.29) is 13.3 Å². The molecule has 0 aliphatic rings. The van der Waals surface area contributed by atoms with Gasteiger partial charge in [-0.25, -0.2) is 0 Å². The van der Waals surface area contributed by atoms with Gasteiger partial charge in [-0.2, -0.15) is 0 Å². The number of alkyl halides is 3. The van der Waals surface area contributed by atoms with Crippen LogP contribution in [0.25, 0.3) is 0 Å². The van der Waals surface area contributed by atoms with E-state index in [9.17, 15) is 14.4 Å². The van der Waals surface area contributed by atoms with Crippen molar-refractivity contribution in [2.45, 2.75) is 6.92 Å². The molecule has 0 amide bonds. The summed E-state index contributed by atoms with van der Waals surface area (Å²) in [6.07, 6.45) is 0. The Balaban J connectivity index is 3.35. The van der Waals surface area contributed by atoms with Crippen LogP contribution in [-0.4, -0.2) is 50.8 Å². The Morgan fingerprint density at radius 3 is 1.48 bits per heavy atom. The van der Waals surface area contributed by atoms with Crippen molar-refractivity contribution in [2.24, 2.45) is 0 Å². The molecular weight excluding hydrogens is 752 g/mol. The summed E-state index contributed by atoms with van der Waals surface area (Å²) in [5.41, 5.74) is 0.981. The second-order valence-corrected chi connectivity index (χ2v) is 13.1. The maximum atomic E-state index is 11.8. The molecule has 1 aromatic carbocycles. The molecule has 0 bridgehead atoms. The average molecular weight is 765 g/mol. The fourth-order valence-corrected chi connectivity index (χ4v) is 10.7. The molecule has 0 aliphatic carbocycles. The Morgan fingerprint density at radius 2 is 1.17 bits per heavy atom. The van der Waals surface area contributed by atoms with Gasteiger partial charge in [0, 0.05) is 0 Å². The van der Waals surface area contributed by atoms with Gasteiger partial charge in [-0.1, -0.05) is 0 Å². The molecule has 126 valence electrons. The zero-order valence-electron chi connectivity index (χ0n) is 12.0. The van der Waals surface area contributed by atoms with E-state index in [0.29, 0.717) is 3.58 Å². The fraction of sp³-hybridized carbons (Fsp3) is 0.308. The van der Waals surface area contributed by atoms with E-state index in [1.165, 1.54) is 0 Å². The monoisotopic (exact) mass is 766 g/mol. The van der Waals surface area contributed by atoms with Gasteiger partial charge in [0.2, 0.25) is 0 Å². The summed E-state index contributed by atoms with van der Waals surface area (Å²) < 4.78 is 16.9. The number of hydrogen-bond donors (Lipinski definition) is 0. The topological polar surface area (TPSA) is 78.9 Å². The van der Waals surface area contributed by atoms with E-state index < -0.39 is 37.5 Å². The van der Waals surface area contributed by atoms with Crippen LogP contribution >= 0.6 is 67.8 Å². The van der Waals surface area contributed by atoms with Gasteiger partial charge in [-0.05, 0) is 0 Å². The van der Waals surface area contributed by atoms with Crippen molar-refractivity contribution < 1.29 is 23.6 Å². The molecule has 0 fully saturated rings. The molecule has 10 heteroatoms. The third-order valence-electron chi connectivity index (χ3n) is 2.48. The van der Waals surface area contributed by atoms with Crippen molar-refractivity contribution in [1.29, 1.82) is 0 Å². The number of rotatable bonds is 7. The van der Waals surface area contributed by atoms with Gasteiger partial charge >= 0.3 is 183 Å². The second kappa shape index (κ2) is 10.6. The minimum absolute atomic E-state index is 0.0614. The predicted molar refractivity (Wildman–Crippen MR) is 112 cm³/mol. The van der Waals surface area contributed by atoms with Gasteiger partial charge in [0.05, 0.1) is 0 Å². The van der Waals surface area contributed by atoms with E-state index >= 15 is 0 Å². The van der Waals surface area contributed by atoms with Crippen molar-refractivity contribution in [3.8, 4) is 0 Å². The van der Waals surface area contributed by atoms with Gasteiger partial charge in [0.25, 0.3) is 0 Å². The SMILES string of the molecule is Cc1cc[c]([Sn]([O]C(=O)CI)([O]C(=O)CI)[O]C(=O)CI)cc1. The summed E-state index contributed by atoms with van der Waals surface area (Å²) >= 11 is 0.586. The number of halogens is 3. The van der Waals surface area contributed by atoms with Crippen LogP contribution in [0.15, 0.2) is 24.3 Å². The van der Waals surface area contributed by atoms with E-state index in [4.69, 9.17) is 9.22 Å². The molecule has 0 unspecified atom stereocenters. The van der Waals surface area contributed by atoms with Crippen molar-refractivity contribution in [1.82, 2.24) is 0 Å². The van der Waals surface area contributed by atoms with E-state index in [0.717, 1.165) is 5.56 Å². The van der Waals surface area contributed by atoms with Crippen molar-refractivity contribution in [3.63, 3.8) is 0 Å². The molecule has 23 heavy (non-hydrogen) atoms. The fourth-order valence-electron chi connectivity index (χ4n) is 1.53. The molecule has 1 aromatic rings. The summed E-state index contributed by atoms with van der Waals surface area (Å²) in [5, 5.41) is 0. The van der Waals surface area contributed by atoms with Crippen LogP contribution in [0.5, 0.6) is 0 Å². The van der Waals surface area contributed by atoms with E-state index in [1.54, 1.807) is 24.3 Å². The summed E-state index contributed by atoms with van der Waals surface area (Å²) in [5.74, 6) is -1.74. The Morgan fingerprint density at radius 1 is 0.826 bits per heavy atom. The molecule has 0 saturated heterocycles. The number of benzene rings is 1. The molecule has 6 nitrogen and oxygen atoms in total. The van der Waals surface area contributed by atoms with Crippen LogP contribution in [0.2, 0.25) is 0 Å². The number of carbonyl (C=O) groups is 3. The second-order valence-electron chi connectivity index (χ2n) is 4.25. The van der Waals surface area contributed by atoms with Crippen LogP contribution in [0.3, 0.4) is 0 Å². The maximum absolute atomic E-state index is 11.8. The molecule has 0 N–H and O–H groups in total. The Bertz CT molecular complexity index is 532. The first-order chi connectivity index (χ1) is 10.9. The van der Waals surface area contributed by atoms with Crippen molar-refractivity contribution in [2.75, 3.05) is 13.3 Å². The third-order valence-corrected chi connectivity index (χ3v) is 11.6. The molecule has 0 aromatic heterocycles. The molecule has 0 heterocycles. The number of carbonyl (C=O) groups excluding carboxylic acids is 3. The summed E-state index contributed by atoms with van der Waals surface area (Å²) in [6, 6.07) is 6.92. The quantitative estimate of drug-likeness (QED) is 0.241. The molecule has 0 spiro atoms. The van der Waals surface area contributed by atoms with Gasteiger partial charge in [-0.15, -0.1) is 0 Å². The van der Waals surface area contributed by atoms with Crippen molar-refractivity contribution in [3.05, 3.63) is 29.8 Å². The van der Waals surface area contributed by atoms with Crippen LogP contribution in [-0.2, 0) is 23.6 Å². The predicted octanol–water partition coefficient (Wildman–Crippen LogP) is 2.08. The van der Waals surface area contributed by atoms with E-state index in [2.05, 4.69) is 0 Å². The zero-order chi connectivity index (χ0) is 17.5.